The molecule has 9 heteroatoms. The van der Waals surface area contributed by atoms with Crippen molar-refractivity contribution in [1.82, 2.24) is 25.3 Å². The molecule has 0 bridgehead atoms. The molecular weight excluding hydrogens is 416 g/mol. The molecule has 0 spiro atoms. The van der Waals surface area contributed by atoms with E-state index in [1.807, 2.05) is 12.1 Å². The standard InChI is InChI=1S/C22H25ClN6O2/c1-14(2)16-6-4-5-7-17(16)22(12-29(13-22)11-15-9-25-28-27-15)21(30)26-18-10-24-20(23)8-19(18)31-3/h4-10,14H,11-13H2,1-3H3,(H,26,30)(H,25,27,28). The number of nitrogens with zero attached hydrogens (tertiary/aromatic N) is 4. The number of pyridine rings is 1. The van der Waals surface area contributed by atoms with Crippen LogP contribution in [0.2, 0.25) is 5.15 Å². The number of anilines is 1. The number of aromatic nitrogens is 4. The molecule has 1 aromatic carbocycles. The van der Waals surface area contributed by atoms with Crippen LogP contribution in [-0.2, 0) is 16.8 Å². The minimum absolute atomic E-state index is 0.0978. The highest BCUT2D eigenvalue weighted by atomic mass is 35.5. The van der Waals surface area contributed by atoms with Gasteiger partial charge in [-0.1, -0.05) is 54.9 Å². The van der Waals surface area contributed by atoms with Gasteiger partial charge in [0.2, 0.25) is 5.91 Å². The molecule has 1 amide bonds. The van der Waals surface area contributed by atoms with Crippen molar-refractivity contribution in [2.24, 2.45) is 0 Å². The van der Waals surface area contributed by atoms with Gasteiger partial charge in [-0.25, -0.2) is 4.98 Å². The lowest BCUT2D eigenvalue weighted by Crippen LogP contribution is -2.64. The third-order valence-electron chi connectivity index (χ3n) is 5.67. The van der Waals surface area contributed by atoms with Crippen LogP contribution in [0.25, 0.3) is 0 Å². The van der Waals surface area contributed by atoms with Crippen molar-refractivity contribution in [1.29, 1.82) is 0 Å². The summed E-state index contributed by atoms with van der Waals surface area (Å²) in [5.74, 6) is 0.663. The Morgan fingerprint density at radius 2 is 2.13 bits per heavy atom. The lowest BCUT2D eigenvalue weighted by atomic mass is 9.69. The summed E-state index contributed by atoms with van der Waals surface area (Å²) in [7, 11) is 1.54. The lowest BCUT2D eigenvalue weighted by Gasteiger charge is -2.50. The fraction of sp³-hybridized carbons (Fsp3) is 0.364. The van der Waals surface area contributed by atoms with Gasteiger partial charge in [0.1, 0.15) is 16.6 Å². The molecule has 0 saturated carbocycles. The van der Waals surface area contributed by atoms with E-state index < -0.39 is 5.41 Å². The highest BCUT2D eigenvalue weighted by Crippen LogP contribution is 2.41. The Kier molecular flexibility index (Phi) is 5.93. The van der Waals surface area contributed by atoms with Gasteiger partial charge in [0.25, 0.3) is 0 Å². The molecule has 31 heavy (non-hydrogen) atoms. The normalized spacial score (nSPS) is 15.5. The van der Waals surface area contributed by atoms with Gasteiger partial charge in [-0.15, -0.1) is 5.10 Å². The molecule has 3 heterocycles. The second kappa shape index (κ2) is 8.64. The van der Waals surface area contributed by atoms with E-state index in [-0.39, 0.29) is 11.8 Å². The van der Waals surface area contributed by atoms with Crippen LogP contribution >= 0.6 is 11.6 Å². The molecule has 4 rings (SSSR count). The fourth-order valence-corrected chi connectivity index (χ4v) is 4.30. The van der Waals surface area contributed by atoms with Gasteiger partial charge >= 0.3 is 0 Å². The van der Waals surface area contributed by atoms with Crippen LogP contribution in [0.5, 0.6) is 5.75 Å². The third kappa shape index (κ3) is 4.13. The second-order valence-corrected chi connectivity index (χ2v) is 8.48. The number of hydrogen-bond donors (Lipinski definition) is 2. The largest absolute Gasteiger partial charge is 0.494 e. The molecule has 1 aliphatic rings. The van der Waals surface area contributed by atoms with Crippen molar-refractivity contribution in [2.45, 2.75) is 31.7 Å². The third-order valence-corrected chi connectivity index (χ3v) is 5.88. The predicted octanol–water partition coefficient (Wildman–Crippen LogP) is 3.38. The average molecular weight is 441 g/mol. The van der Waals surface area contributed by atoms with E-state index in [4.69, 9.17) is 16.3 Å². The zero-order chi connectivity index (χ0) is 22.0. The van der Waals surface area contributed by atoms with E-state index in [9.17, 15) is 4.79 Å². The minimum atomic E-state index is -0.699. The van der Waals surface area contributed by atoms with Crippen molar-refractivity contribution < 1.29 is 9.53 Å². The quantitative estimate of drug-likeness (QED) is 0.547. The molecule has 1 aliphatic heterocycles. The highest BCUT2D eigenvalue weighted by molar-refractivity contribution is 6.29. The highest BCUT2D eigenvalue weighted by Gasteiger charge is 2.51. The van der Waals surface area contributed by atoms with E-state index in [0.29, 0.717) is 36.2 Å². The Morgan fingerprint density at radius 3 is 2.81 bits per heavy atom. The molecular formula is C22H25ClN6O2. The monoisotopic (exact) mass is 440 g/mol. The maximum atomic E-state index is 13.7. The fourth-order valence-electron chi connectivity index (χ4n) is 4.15. The van der Waals surface area contributed by atoms with Gasteiger partial charge in [-0.3, -0.25) is 14.8 Å². The van der Waals surface area contributed by atoms with Gasteiger partial charge in [-0.05, 0) is 17.0 Å². The average Bonchev–Trinajstić information content (AvgIpc) is 3.24. The van der Waals surface area contributed by atoms with E-state index in [1.54, 1.807) is 12.3 Å². The number of amides is 1. The molecule has 8 nitrogen and oxygen atoms in total. The Hall–Kier alpha value is -2.97. The van der Waals surface area contributed by atoms with Crippen molar-refractivity contribution >= 4 is 23.2 Å². The first-order valence-electron chi connectivity index (χ1n) is 10.1. The smallest absolute Gasteiger partial charge is 0.237 e. The molecule has 2 N–H and O–H groups in total. The number of benzene rings is 1. The lowest BCUT2D eigenvalue weighted by molar-refractivity contribution is -0.128. The molecule has 162 valence electrons. The van der Waals surface area contributed by atoms with Crippen LogP contribution in [0.4, 0.5) is 5.69 Å². The van der Waals surface area contributed by atoms with Crippen molar-refractivity contribution in [2.75, 3.05) is 25.5 Å². The van der Waals surface area contributed by atoms with Crippen LogP contribution in [-0.4, -0.2) is 51.4 Å². The summed E-state index contributed by atoms with van der Waals surface area (Å²) in [5.41, 5.74) is 2.85. The zero-order valence-electron chi connectivity index (χ0n) is 17.7. The molecule has 0 unspecified atom stereocenters. The summed E-state index contributed by atoms with van der Waals surface area (Å²) < 4.78 is 5.38. The number of carbonyl (C=O) groups is 1. The number of rotatable bonds is 7. The van der Waals surface area contributed by atoms with E-state index in [2.05, 4.69) is 56.6 Å². The number of likely N-dealkylation sites (tertiary alicyclic amines) is 1. The molecule has 1 fully saturated rings. The molecule has 3 aromatic rings. The molecule has 0 radical (unpaired) electrons. The number of hydrogen-bond acceptors (Lipinski definition) is 6. The number of methoxy groups -OCH3 is 1. The summed E-state index contributed by atoms with van der Waals surface area (Å²) in [4.78, 5) is 20.0. The zero-order valence-corrected chi connectivity index (χ0v) is 18.5. The van der Waals surface area contributed by atoms with Crippen LogP contribution in [0.15, 0.2) is 42.7 Å². The molecule has 1 saturated heterocycles. The van der Waals surface area contributed by atoms with Crippen LogP contribution in [0, 0.1) is 0 Å². The first-order chi connectivity index (χ1) is 14.9. The number of halogens is 1. The predicted molar refractivity (Wildman–Crippen MR) is 118 cm³/mol. The van der Waals surface area contributed by atoms with Crippen LogP contribution < -0.4 is 10.1 Å². The van der Waals surface area contributed by atoms with Crippen molar-refractivity contribution in [3.8, 4) is 5.75 Å². The van der Waals surface area contributed by atoms with Gasteiger partial charge in [-0.2, -0.15) is 0 Å². The SMILES string of the molecule is COc1cc(Cl)ncc1NC(=O)C1(c2ccccc2C(C)C)CN(Cc2c[nH]nn2)C1. The topological polar surface area (TPSA) is 96.0 Å². The van der Waals surface area contributed by atoms with Crippen molar-refractivity contribution in [3.05, 3.63) is 64.7 Å². The number of ether oxygens (including phenoxy) is 1. The number of carbonyl (C=O) groups excluding carboxylic acids is 1. The summed E-state index contributed by atoms with van der Waals surface area (Å²) in [6, 6.07) is 9.74. The Bertz CT molecular complexity index is 1060. The number of H-pyrrole nitrogens is 1. The maximum absolute atomic E-state index is 13.7. The number of nitrogens with one attached hydrogen (secondary N) is 2. The van der Waals surface area contributed by atoms with E-state index >= 15 is 0 Å². The first kappa shape index (κ1) is 21.3. The Balaban J connectivity index is 1.66. The summed E-state index contributed by atoms with van der Waals surface area (Å²) >= 11 is 5.97. The van der Waals surface area contributed by atoms with E-state index in [1.165, 1.54) is 18.9 Å². The summed E-state index contributed by atoms with van der Waals surface area (Å²) in [6.45, 7) is 6.05. The molecule has 0 aliphatic carbocycles. The first-order valence-corrected chi connectivity index (χ1v) is 10.5. The van der Waals surface area contributed by atoms with E-state index in [0.717, 1.165) is 11.3 Å². The second-order valence-electron chi connectivity index (χ2n) is 8.10. The maximum Gasteiger partial charge on any atom is 0.237 e. The number of aromatic amines is 1. The van der Waals surface area contributed by atoms with Gasteiger partial charge in [0.15, 0.2) is 0 Å². The van der Waals surface area contributed by atoms with Gasteiger partial charge < -0.3 is 10.1 Å². The summed E-state index contributed by atoms with van der Waals surface area (Å²) in [6.07, 6.45) is 3.29. The van der Waals surface area contributed by atoms with Gasteiger partial charge in [0, 0.05) is 31.9 Å². The Labute approximate surface area is 186 Å². The van der Waals surface area contributed by atoms with Crippen LogP contribution in [0.3, 0.4) is 0 Å². The summed E-state index contributed by atoms with van der Waals surface area (Å²) in [5, 5.41) is 13.9. The molecule has 0 atom stereocenters. The minimum Gasteiger partial charge on any atom is -0.494 e. The molecule has 2 aromatic heterocycles. The Morgan fingerprint density at radius 1 is 1.35 bits per heavy atom. The van der Waals surface area contributed by atoms with Crippen molar-refractivity contribution in [3.63, 3.8) is 0 Å². The van der Waals surface area contributed by atoms with Crippen LogP contribution in [0.1, 0.15) is 36.6 Å². The van der Waals surface area contributed by atoms with Gasteiger partial charge in [0.05, 0.1) is 24.4 Å².